The number of hydrogen-bond donors (Lipinski definition) is 1. The molecule has 1 aromatic carbocycles. The monoisotopic (exact) mass is 280 g/mol. The first-order valence-electron chi connectivity index (χ1n) is 5.50. The molecule has 2 rings (SSSR count). The highest BCUT2D eigenvalue weighted by Gasteiger charge is 2.01. The zero-order chi connectivity index (χ0) is 13.0. The van der Waals surface area contributed by atoms with E-state index in [1.807, 2.05) is 12.1 Å². The number of nitrogen functional groups attached to an aromatic ring is 1. The molecule has 0 bridgehead atoms. The highest BCUT2D eigenvalue weighted by atomic mass is 35.5. The molecular weight excluding hydrogens is 268 g/mol. The molecule has 1 aromatic heterocycles. The van der Waals surface area contributed by atoms with Gasteiger partial charge in [-0.25, -0.2) is 0 Å². The predicted octanol–water partition coefficient (Wildman–Crippen LogP) is 2.88. The van der Waals surface area contributed by atoms with Crippen molar-refractivity contribution in [2.24, 2.45) is 0 Å². The molecule has 0 atom stereocenters. The van der Waals surface area contributed by atoms with Crippen LogP contribution in [-0.4, -0.2) is 10.3 Å². The molecule has 0 aliphatic carbocycles. The molecule has 0 spiro atoms. The summed E-state index contributed by atoms with van der Waals surface area (Å²) in [7, 11) is 0. The number of aromatic nitrogens is 1. The van der Waals surface area contributed by atoms with E-state index < -0.39 is 0 Å². The summed E-state index contributed by atoms with van der Waals surface area (Å²) < 4.78 is 1.67. The first kappa shape index (κ1) is 13.1. The molecule has 3 nitrogen and oxygen atoms in total. The van der Waals surface area contributed by atoms with Gasteiger partial charge in [0.15, 0.2) is 0 Å². The van der Waals surface area contributed by atoms with E-state index in [9.17, 15) is 4.79 Å². The Morgan fingerprint density at radius 1 is 1.28 bits per heavy atom. The van der Waals surface area contributed by atoms with E-state index in [-0.39, 0.29) is 5.56 Å². The van der Waals surface area contributed by atoms with Crippen LogP contribution in [-0.2, 0) is 6.54 Å². The predicted molar refractivity (Wildman–Crippen MR) is 77.3 cm³/mol. The molecule has 0 amide bonds. The van der Waals surface area contributed by atoms with E-state index in [4.69, 9.17) is 17.3 Å². The fourth-order valence-electron chi connectivity index (χ4n) is 1.53. The number of nitrogens with zero attached hydrogens (tertiary/aromatic N) is 1. The summed E-state index contributed by atoms with van der Waals surface area (Å²) >= 11 is 7.51. The van der Waals surface area contributed by atoms with Gasteiger partial charge in [0.2, 0.25) is 0 Å². The van der Waals surface area contributed by atoms with Crippen molar-refractivity contribution in [3.8, 4) is 0 Å². The Morgan fingerprint density at radius 3 is 2.89 bits per heavy atom. The Balaban J connectivity index is 1.99. The van der Waals surface area contributed by atoms with E-state index in [2.05, 4.69) is 0 Å². The molecule has 0 aliphatic rings. The van der Waals surface area contributed by atoms with Gasteiger partial charge in [0, 0.05) is 40.2 Å². The minimum absolute atomic E-state index is 0.0113. The number of halogens is 1. The lowest BCUT2D eigenvalue weighted by Gasteiger charge is -2.07. The van der Waals surface area contributed by atoms with Crippen molar-refractivity contribution >= 4 is 29.1 Å². The van der Waals surface area contributed by atoms with Crippen LogP contribution in [0.4, 0.5) is 5.69 Å². The molecule has 0 aliphatic heterocycles. The Labute approximate surface area is 115 Å². The first-order valence-corrected chi connectivity index (χ1v) is 6.86. The van der Waals surface area contributed by atoms with Crippen LogP contribution in [0.5, 0.6) is 0 Å². The normalized spacial score (nSPS) is 10.5. The van der Waals surface area contributed by atoms with Gasteiger partial charge in [-0.15, -0.1) is 11.8 Å². The van der Waals surface area contributed by atoms with Crippen molar-refractivity contribution in [2.45, 2.75) is 11.4 Å². The summed E-state index contributed by atoms with van der Waals surface area (Å²) in [5.41, 5.74) is 6.57. The molecule has 0 saturated carbocycles. The average molecular weight is 281 g/mol. The molecule has 5 heteroatoms. The Morgan fingerprint density at radius 2 is 2.11 bits per heavy atom. The van der Waals surface area contributed by atoms with E-state index in [0.717, 1.165) is 10.6 Å². The van der Waals surface area contributed by atoms with Crippen LogP contribution in [0.2, 0.25) is 5.02 Å². The summed E-state index contributed by atoms with van der Waals surface area (Å²) in [6, 6.07) is 10.5. The van der Waals surface area contributed by atoms with Gasteiger partial charge in [0.1, 0.15) is 0 Å². The van der Waals surface area contributed by atoms with Gasteiger partial charge in [0.25, 0.3) is 5.56 Å². The van der Waals surface area contributed by atoms with Gasteiger partial charge < -0.3 is 10.3 Å². The first-order chi connectivity index (χ1) is 8.66. The molecule has 0 saturated heterocycles. The Kier molecular flexibility index (Phi) is 4.33. The molecule has 0 unspecified atom stereocenters. The Hall–Kier alpha value is -1.39. The highest BCUT2D eigenvalue weighted by Crippen LogP contribution is 2.27. The molecule has 18 heavy (non-hydrogen) atoms. The molecule has 1 heterocycles. The average Bonchev–Trinajstić information content (AvgIpc) is 2.36. The molecule has 2 N–H and O–H groups in total. The van der Waals surface area contributed by atoms with Crippen molar-refractivity contribution < 1.29 is 0 Å². The van der Waals surface area contributed by atoms with Gasteiger partial charge in [-0.1, -0.05) is 17.7 Å². The van der Waals surface area contributed by atoms with Gasteiger partial charge in [0.05, 0.1) is 0 Å². The zero-order valence-corrected chi connectivity index (χ0v) is 11.2. The summed E-state index contributed by atoms with van der Waals surface area (Å²) in [6.45, 7) is 0.649. The number of pyridine rings is 1. The van der Waals surface area contributed by atoms with Crippen LogP contribution in [0.1, 0.15) is 0 Å². The third-order valence-corrected chi connectivity index (χ3v) is 3.75. The second-order valence-corrected chi connectivity index (χ2v) is 5.34. The third kappa shape index (κ3) is 3.31. The molecular formula is C13H13ClN2OS. The van der Waals surface area contributed by atoms with Crippen LogP contribution in [0.25, 0.3) is 0 Å². The van der Waals surface area contributed by atoms with Crippen LogP contribution >= 0.6 is 23.4 Å². The standard InChI is InChI=1S/C13H13ClN2OS/c14-10-4-5-11(15)12(9-10)18-8-7-16-6-2-1-3-13(16)17/h1-6,9H,7-8,15H2. The lowest BCUT2D eigenvalue weighted by Crippen LogP contribution is -2.18. The molecule has 0 radical (unpaired) electrons. The van der Waals surface area contributed by atoms with E-state index >= 15 is 0 Å². The number of benzene rings is 1. The van der Waals surface area contributed by atoms with Crippen molar-refractivity contribution in [1.29, 1.82) is 0 Å². The fourth-order valence-corrected chi connectivity index (χ4v) is 2.72. The fraction of sp³-hybridized carbons (Fsp3) is 0.154. The quantitative estimate of drug-likeness (QED) is 0.692. The molecule has 2 aromatic rings. The van der Waals surface area contributed by atoms with Crippen LogP contribution in [0.15, 0.2) is 52.3 Å². The maximum Gasteiger partial charge on any atom is 0.250 e. The van der Waals surface area contributed by atoms with E-state index in [1.165, 1.54) is 0 Å². The third-order valence-electron chi connectivity index (χ3n) is 2.46. The summed E-state index contributed by atoms with van der Waals surface area (Å²) in [6.07, 6.45) is 1.78. The number of hydrogen-bond acceptors (Lipinski definition) is 3. The Bertz CT molecular complexity index is 598. The maximum atomic E-state index is 11.5. The van der Waals surface area contributed by atoms with Crippen molar-refractivity contribution in [3.63, 3.8) is 0 Å². The SMILES string of the molecule is Nc1ccc(Cl)cc1SCCn1ccccc1=O. The van der Waals surface area contributed by atoms with Crippen molar-refractivity contribution in [2.75, 3.05) is 11.5 Å². The lowest BCUT2D eigenvalue weighted by molar-refractivity contribution is 0.735. The summed E-state index contributed by atoms with van der Waals surface area (Å²) in [5, 5.41) is 0.670. The summed E-state index contributed by atoms with van der Waals surface area (Å²) in [5.74, 6) is 0.772. The van der Waals surface area contributed by atoms with Crippen LogP contribution in [0, 0.1) is 0 Å². The van der Waals surface area contributed by atoms with Crippen molar-refractivity contribution in [1.82, 2.24) is 4.57 Å². The number of nitrogens with two attached hydrogens (primary N) is 1. The highest BCUT2D eigenvalue weighted by molar-refractivity contribution is 7.99. The minimum Gasteiger partial charge on any atom is -0.398 e. The number of thioether (sulfide) groups is 1. The minimum atomic E-state index is 0.0113. The number of anilines is 1. The maximum absolute atomic E-state index is 11.5. The number of rotatable bonds is 4. The van der Waals surface area contributed by atoms with Crippen LogP contribution in [0.3, 0.4) is 0 Å². The van der Waals surface area contributed by atoms with Gasteiger partial charge >= 0.3 is 0 Å². The molecule has 0 fully saturated rings. The molecule has 94 valence electrons. The van der Waals surface area contributed by atoms with Gasteiger partial charge in [-0.2, -0.15) is 0 Å². The number of aryl methyl sites for hydroxylation is 1. The largest absolute Gasteiger partial charge is 0.398 e. The summed E-state index contributed by atoms with van der Waals surface area (Å²) in [4.78, 5) is 12.4. The van der Waals surface area contributed by atoms with Crippen molar-refractivity contribution in [3.05, 3.63) is 58.0 Å². The smallest absolute Gasteiger partial charge is 0.250 e. The van der Waals surface area contributed by atoms with E-state index in [0.29, 0.717) is 17.3 Å². The topological polar surface area (TPSA) is 48.0 Å². The van der Waals surface area contributed by atoms with Gasteiger partial charge in [-0.05, 0) is 24.3 Å². The van der Waals surface area contributed by atoms with Gasteiger partial charge in [-0.3, -0.25) is 4.79 Å². The van der Waals surface area contributed by atoms with E-state index in [1.54, 1.807) is 46.8 Å². The zero-order valence-electron chi connectivity index (χ0n) is 9.67. The van der Waals surface area contributed by atoms with Crippen LogP contribution < -0.4 is 11.3 Å². The lowest BCUT2D eigenvalue weighted by atomic mass is 10.3. The second kappa shape index (κ2) is 5.98. The second-order valence-electron chi connectivity index (χ2n) is 3.76.